The summed E-state index contributed by atoms with van der Waals surface area (Å²) in [6.07, 6.45) is 4.15. The highest BCUT2D eigenvalue weighted by Gasteiger charge is 2.29. The minimum Gasteiger partial charge on any atom is -0.338 e. The number of nitrogens with zero attached hydrogens (tertiary/aromatic N) is 3. The van der Waals surface area contributed by atoms with Gasteiger partial charge >= 0.3 is 0 Å². The summed E-state index contributed by atoms with van der Waals surface area (Å²) in [5.41, 5.74) is 0. The fraction of sp³-hybridized carbons (Fsp3) is 0.417. The Morgan fingerprint density at radius 3 is 3.06 bits per heavy atom. The van der Waals surface area contributed by atoms with Crippen LogP contribution in [0.2, 0.25) is 0 Å². The summed E-state index contributed by atoms with van der Waals surface area (Å²) < 4.78 is 6.30. The van der Waals surface area contributed by atoms with Gasteiger partial charge in [-0.25, -0.2) is 4.98 Å². The maximum atomic E-state index is 5.31. The quantitative estimate of drug-likeness (QED) is 0.796. The summed E-state index contributed by atoms with van der Waals surface area (Å²) in [5, 5.41) is 5.08. The number of halogens is 1. The predicted molar refractivity (Wildman–Crippen MR) is 72.5 cm³/mol. The van der Waals surface area contributed by atoms with Crippen LogP contribution in [0.4, 0.5) is 0 Å². The first-order valence-corrected chi connectivity index (χ1v) is 7.52. The molecule has 0 N–H and O–H groups in total. The van der Waals surface area contributed by atoms with Crippen molar-refractivity contribution in [2.24, 2.45) is 0 Å². The summed E-state index contributed by atoms with van der Waals surface area (Å²) in [6.45, 7) is 2.05. The second kappa shape index (κ2) is 5.01. The third kappa shape index (κ3) is 2.59. The molecule has 0 unspecified atom stereocenters. The smallest absolute Gasteiger partial charge is 0.239 e. The van der Waals surface area contributed by atoms with Gasteiger partial charge in [-0.2, -0.15) is 4.98 Å². The monoisotopic (exact) mass is 325 g/mol. The lowest BCUT2D eigenvalue weighted by molar-refractivity contribution is 0.375. The molecule has 2 aromatic heterocycles. The molecule has 94 valence electrons. The molecule has 1 aliphatic carbocycles. The van der Waals surface area contributed by atoms with Crippen molar-refractivity contribution in [3.63, 3.8) is 0 Å². The topological polar surface area (TPSA) is 51.8 Å². The molecule has 1 atom stereocenters. The molecule has 0 spiro atoms. The van der Waals surface area contributed by atoms with E-state index in [1.165, 1.54) is 12.8 Å². The van der Waals surface area contributed by atoms with Crippen LogP contribution in [0.1, 0.15) is 42.6 Å². The molecule has 2 heterocycles. The van der Waals surface area contributed by atoms with E-state index in [0.717, 1.165) is 15.3 Å². The average molecular weight is 326 g/mol. The Morgan fingerprint density at radius 1 is 1.50 bits per heavy atom. The molecule has 0 aromatic carbocycles. The SMILES string of the molecule is C[C@@H](Sc1ncccc1Br)c1nc(C2CC2)no1. The van der Waals surface area contributed by atoms with E-state index in [-0.39, 0.29) is 5.25 Å². The van der Waals surface area contributed by atoms with Crippen LogP contribution in [0.15, 0.2) is 32.4 Å². The van der Waals surface area contributed by atoms with Gasteiger partial charge in [0.25, 0.3) is 0 Å². The zero-order valence-electron chi connectivity index (χ0n) is 9.84. The minimum atomic E-state index is 0.108. The Labute approximate surface area is 118 Å². The molecule has 0 amide bonds. The van der Waals surface area contributed by atoms with Crippen molar-refractivity contribution in [3.05, 3.63) is 34.5 Å². The van der Waals surface area contributed by atoms with Crippen molar-refractivity contribution in [2.75, 3.05) is 0 Å². The van der Waals surface area contributed by atoms with Gasteiger partial charge in [-0.3, -0.25) is 0 Å². The normalized spacial score (nSPS) is 16.8. The van der Waals surface area contributed by atoms with Gasteiger partial charge in [0.1, 0.15) is 5.03 Å². The fourth-order valence-electron chi connectivity index (χ4n) is 1.60. The van der Waals surface area contributed by atoms with E-state index in [1.807, 2.05) is 12.1 Å². The maximum absolute atomic E-state index is 5.31. The van der Waals surface area contributed by atoms with Crippen molar-refractivity contribution < 1.29 is 4.52 Å². The largest absolute Gasteiger partial charge is 0.338 e. The molecule has 0 radical (unpaired) electrons. The van der Waals surface area contributed by atoms with Gasteiger partial charge in [0.15, 0.2) is 5.82 Å². The van der Waals surface area contributed by atoms with E-state index in [1.54, 1.807) is 18.0 Å². The zero-order chi connectivity index (χ0) is 12.5. The Hall–Kier alpha value is -0.880. The van der Waals surface area contributed by atoms with Crippen LogP contribution < -0.4 is 0 Å². The highest BCUT2D eigenvalue weighted by atomic mass is 79.9. The molecule has 0 saturated heterocycles. The van der Waals surface area contributed by atoms with E-state index in [2.05, 4.69) is 38.0 Å². The fourth-order valence-corrected chi connectivity index (χ4v) is 2.96. The Morgan fingerprint density at radius 2 is 2.33 bits per heavy atom. The first-order valence-electron chi connectivity index (χ1n) is 5.84. The summed E-state index contributed by atoms with van der Waals surface area (Å²) in [4.78, 5) is 8.78. The Bertz CT molecular complexity index is 556. The minimum absolute atomic E-state index is 0.108. The molecular weight excluding hydrogens is 314 g/mol. The second-order valence-corrected chi connectivity index (χ2v) is 6.50. The summed E-state index contributed by atoms with van der Waals surface area (Å²) in [6, 6.07) is 3.88. The third-order valence-corrected chi connectivity index (χ3v) is 4.77. The van der Waals surface area contributed by atoms with E-state index < -0.39 is 0 Å². The summed E-state index contributed by atoms with van der Waals surface area (Å²) >= 11 is 5.10. The number of pyridine rings is 1. The zero-order valence-corrected chi connectivity index (χ0v) is 12.2. The standard InChI is InChI=1S/C12H12BrN3OS/c1-7(18-12-9(13)3-2-6-14-12)11-15-10(16-17-11)8-4-5-8/h2-3,6-8H,4-5H2,1H3/t7-/m1/s1. The van der Waals surface area contributed by atoms with Crippen LogP contribution in [-0.2, 0) is 0 Å². The lowest BCUT2D eigenvalue weighted by Gasteiger charge is -2.06. The molecule has 1 fully saturated rings. The van der Waals surface area contributed by atoms with Gasteiger partial charge < -0.3 is 4.52 Å². The summed E-state index contributed by atoms with van der Waals surface area (Å²) in [5.74, 6) is 2.07. The first-order chi connectivity index (χ1) is 8.74. The number of thioether (sulfide) groups is 1. The lowest BCUT2D eigenvalue weighted by atomic mass is 10.4. The van der Waals surface area contributed by atoms with Gasteiger partial charge in [0, 0.05) is 16.6 Å². The highest BCUT2D eigenvalue weighted by Crippen LogP contribution is 2.40. The van der Waals surface area contributed by atoms with Crippen LogP contribution in [0, 0.1) is 0 Å². The number of hydrogen-bond acceptors (Lipinski definition) is 5. The molecule has 3 rings (SSSR count). The lowest BCUT2D eigenvalue weighted by Crippen LogP contribution is -1.91. The predicted octanol–water partition coefficient (Wildman–Crippen LogP) is 3.96. The van der Waals surface area contributed by atoms with Gasteiger partial charge in [-0.1, -0.05) is 16.9 Å². The van der Waals surface area contributed by atoms with Gasteiger partial charge in [-0.05, 0) is 47.8 Å². The first kappa shape index (κ1) is 12.2. The van der Waals surface area contributed by atoms with Crippen LogP contribution in [0.3, 0.4) is 0 Å². The Balaban J connectivity index is 1.73. The van der Waals surface area contributed by atoms with Crippen LogP contribution in [-0.4, -0.2) is 15.1 Å². The van der Waals surface area contributed by atoms with E-state index in [0.29, 0.717) is 11.8 Å². The maximum Gasteiger partial charge on any atom is 0.239 e. The molecule has 1 aliphatic rings. The number of rotatable bonds is 4. The van der Waals surface area contributed by atoms with Crippen molar-refractivity contribution in [1.29, 1.82) is 0 Å². The average Bonchev–Trinajstić information content (AvgIpc) is 3.10. The molecule has 0 aliphatic heterocycles. The highest BCUT2D eigenvalue weighted by molar-refractivity contribution is 9.10. The van der Waals surface area contributed by atoms with Crippen molar-refractivity contribution >= 4 is 27.7 Å². The van der Waals surface area contributed by atoms with Crippen molar-refractivity contribution in [3.8, 4) is 0 Å². The third-order valence-electron chi connectivity index (χ3n) is 2.76. The van der Waals surface area contributed by atoms with Crippen molar-refractivity contribution in [1.82, 2.24) is 15.1 Å². The van der Waals surface area contributed by atoms with Crippen LogP contribution in [0.5, 0.6) is 0 Å². The van der Waals surface area contributed by atoms with Gasteiger partial charge in [0.2, 0.25) is 5.89 Å². The number of aromatic nitrogens is 3. The molecule has 6 heteroatoms. The molecule has 0 bridgehead atoms. The van der Waals surface area contributed by atoms with Crippen LogP contribution in [0.25, 0.3) is 0 Å². The second-order valence-electron chi connectivity index (χ2n) is 4.32. The van der Waals surface area contributed by atoms with Crippen molar-refractivity contribution in [2.45, 2.75) is 36.0 Å². The molecule has 4 nitrogen and oxygen atoms in total. The van der Waals surface area contributed by atoms with Gasteiger partial charge in [-0.15, -0.1) is 0 Å². The van der Waals surface area contributed by atoms with E-state index in [9.17, 15) is 0 Å². The van der Waals surface area contributed by atoms with E-state index in [4.69, 9.17) is 4.52 Å². The number of hydrogen-bond donors (Lipinski definition) is 0. The molecular formula is C12H12BrN3OS. The van der Waals surface area contributed by atoms with Gasteiger partial charge in [0.05, 0.1) is 5.25 Å². The van der Waals surface area contributed by atoms with E-state index >= 15 is 0 Å². The van der Waals surface area contributed by atoms with Crippen LogP contribution >= 0.6 is 27.7 Å². The molecule has 1 saturated carbocycles. The molecule has 2 aromatic rings. The Kier molecular flexibility index (Phi) is 3.39. The molecule has 18 heavy (non-hydrogen) atoms. The summed E-state index contributed by atoms with van der Waals surface area (Å²) in [7, 11) is 0.